The fourth-order valence-corrected chi connectivity index (χ4v) is 3.37. The molecule has 0 unspecified atom stereocenters. The molecule has 0 bridgehead atoms. The Labute approximate surface area is 104 Å². The van der Waals surface area contributed by atoms with E-state index in [0.717, 1.165) is 0 Å². The zero-order valence-corrected chi connectivity index (χ0v) is 10.4. The van der Waals surface area contributed by atoms with Crippen LogP contribution in [0.1, 0.15) is 12.8 Å². The zero-order valence-electron chi connectivity index (χ0n) is 9.57. The van der Waals surface area contributed by atoms with Gasteiger partial charge in [0, 0.05) is 18.3 Å². The van der Waals surface area contributed by atoms with E-state index in [9.17, 15) is 18.5 Å². The highest BCUT2D eigenvalue weighted by Gasteiger charge is 2.25. The van der Waals surface area contributed by atoms with Gasteiger partial charge in [0.05, 0.1) is 16.4 Å². The summed E-state index contributed by atoms with van der Waals surface area (Å²) in [6.07, 6.45) is 2.38. The second kappa shape index (κ2) is 4.89. The molecule has 0 amide bonds. The monoisotopic (exact) mass is 271 g/mol. The number of hydrogen-bond acceptors (Lipinski definition) is 6. The zero-order chi connectivity index (χ0) is 13.2. The van der Waals surface area contributed by atoms with Gasteiger partial charge in [-0.15, -0.1) is 0 Å². The Morgan fingerprint density at radius 2 is 2.06 bits per heavy atom. The third-order valence-electron chi connectivity index (χ3n) is 2.88. The van der Waals surface area contributed by atoms with E-state index in [1.165, 1.54) is 18.3 Å². The summed E-state index contributed by atoms with van der Waals surface area (Å²) in [5.74, 6) is 0.433. The molecule has 18 heavy (non-hydrogen) atoms. The van der Waals surface area contributed by atoms with E-state index in [1.54, 1.807) is 0 Å². The molecule has 1 N–H and O–H groups in total. The fourth-order valence-electron chi connectivity index (χ4n) is 1.88. The lowest BCUT2D eigenvalue weighted by molar-refractivity contribution is -0.384. The number of hydrogen-bond donors (Lipinski definition) is 1. The highest BCUT2D eigenvalue weighted by atomic mass is 32.2. The number of rotatable bonds is 3. The van der Waals surface area contributed by atoms with Crippen LogP contribution in [0.3, 0.4) is 0 Å². The SMILES string of the molecule is O=[N+]([O-])c1cccnc1NC1CCS(=O)(=O)CC1. The molecule has 0 aromatic carbocycles. The minimum Gasteiger partial charge on any atom is -0.362 e. The Balaban J connectivity index is 2.09. The quantitative estimate of drug-likeness (QED) is 0.649. The van der Waals surface area contributed by atoms with Crippen LogP contribution in [0.2, 0.25) is 0 Å². The minimum absolute atomic E-state index is 0.0814. The molecule has 1 saturated heterocycles. The van der Waals surface area contributed by atoms with E-state index in [1.807, 2.05) is 0 Å². The van der Waals surface area contributed by atoms with Crippen molar-refractivity contribution < 1.29 is 13.3 Å². The van der Waals surface area contributed by atoms with E-state index in [-0.39, 0.29) is 29.1 Å². The Kier molecular flexibility index (Phi) is 3.46. The van der Waals surface area contributed by atoms with E-state index in [2.05, 4.69) is 10.3 Å². The topological polar surface area (TPSA) is 102 Å². The van der Waals surface area contributed by atoms with Crippen LogP contribution < -0.4 is 5.32 Å². The number of anilines is 1. The van der Waals surface area contributed by atoms with Crippen molar-refractivity contribution in [1.82, 2.24) is 4.98 Å². The molecule has 7 nitrogen and oxygen atoms in total. The first-order valence-electron chi connectivity index (χ1n) is 5.54. The van der Waals surface area contributed by atoms with Crippen LogP contribution >= 0.6 is 0 Å². The molecular weight excluding hydrogens is 258 g/mol. The summed E-state index contributed by atoms with van der Waals surface area (Å²) in [5.41, 5.74) is -0.0917. The smallest absolute Gasteiger partial charge is 0.311 e. The second-order valence-corrected chi connectivity index (χ2v) is 6.50. The van der Waals surface area contributed by atoms with Crippen molar-refractivity contribution in [2.75, 3.05) is 16.8 Å². The van der Waals surface area contributed by atoms with Crippen molar-refractivity contribution in [3.8, 4) is 0 Å². The van der Waals surface area contributed by atoms with Crippen LogP contribution in [0.5, 0.6) is 0 Å². The predicted molar refractivity (Wildman–Crippen MR) is 66.2 cm³/mol. The van der Waals surface area contributed by atoms with Gasteiger partial charge in [0.15, 0.2) is 0 Å². The van der Waals surface area contributed by atoms with Crippen LogP contribution in [0.4, 0.5) is 11.5 Å². The Bertz CT molecular complexity index is 544. The number of nitro groups is 1. The Hall–Kier alpha value is -1.70. The maximum Gasteiger partial charge on any atom is 0.311 e. The molecule has 1 aliphatic heterocycles. The lowest BCUT2D eigenvalue weighted by atomic mass is 10.1. The molecule has 1 fully saturated rings. The van der Waals surface area contributed by atoms with Crippen LogP contribution in [0.15, 0.2) is 18.3 Å². The van der Waals surface area contributed by atoms with E-state index < -0.39 is 14.8 Å². The van der Waals surface area contributed by atoms with Gasteiger partial charge in [-0.2, -0.15) is 0 Å². The second-order valence-electron chi connectivity index (χ2n) is 4.20. The Morgan fingerprint density at radius 1 is 1.39 bits per heavy atom. The molecule has 1 aromatic heterocycles. The molecule has 98 valence electrons. The maximum atomic E-state index is 11.3. The standard InChI is InChI=1S/C10H13N3O4S/c14-13(15)9-2-1-5-11-10(9)12-8-3-6-18(16,17)7-4-8/h1-2,5,8H,3-4,6-7H2,(H,11,12). The average molecular weight is 271 g/mol. The van der Waals surface area contributed by atoms with Crippen molar-refractivity contribution in [2.24, 2.45) is 0 Å². The highest BCUT2D eigenvalue weighted by Crippen LogP contribution is 2.24. The summed E-state index contributed by atoms with van der Waals surface area (Å²) < 4.78 is 22.5. The molecule has 0 saturated carbocycles. The predicted octanol–water partition coefficient (Wildman–Crippen LogP) is 0.979. The third-order valence-corrected chi connectivity index (χ3v) is 4.59. The third kappa shape index (κ3) is 2.95. The van der Waals surface area contributed by atoms with E-state index in [4.69, 9.17) is 0 Å². The minimum atomic E-state index is -2.93. The van der Waals surface area contributed by atoms with Gasteiger partial charge in [-0.25, -0.2) is 13.4 Å². The normalized spacial score (nSPS) is 19.3. The van der Waals surface area contributed by atoms with Crippen molar-refractivity contribution in [3.05, 3.63) is 28.4 Å². The van der Waals surface area contributed by atoms with Crippen LogP contribution in [0.25, 0.3) is 0 Å². The van der Waals surface area contributed by atoms with Gasteiger partial charge >= 0.3 is 5.69 Å². The largest absolute Gasteiger partial charge is 0.362 e. The van der Waals surface area contributed by atoms with Gasteiger partial charge in [0.1, 0.15) is 9.84 Å². The summed E-state index contributed by atoms with van der Waals surface area (Å²) in [6, 6.07) is 2.78. The summed E-state index contributed by atoms with van der Waals surface area (Å²) in [4.78, 5) is 14.2. The van der Waals surface area contributed by atoms with E-state index >= 15 is 0 Å². The van der Waals surface area contributed by atoms with Crippen LogP contribution in [0, 0.1) is 10.1 Å². The van der Waals surface area contributed by atoms with Gasteiger partial charge in [-0.1, -0.05) is 0 Å². The first-order chi connectivity index (χ1) is 8.48. The lowest BCUT2D eigenvalue weighted by Gasteiger charge is -2.23. The molecule has 2 heterocycles. The van der Waals surface area contributed by atoms with Gasteiger partial charge < -0.3 is 5.32 Å². The Morgan fingerprint density at radius 3 is 2.67 bits per heavy atom. The van der Waals surface area contributed by atoms with Crippen molar-refractivity contribution in [3.63, 3.8) is 0 Å². The summed E-state index contributed by atoms with van der Waals surface area (Å²) in [7, 11) is -2.93. The molecule has 1 aliphatic rings. The maximum absolute atomic E-state index is 11.3. The lowest BCUT2D eigenvalue weighted by Crippen LogP contribution is -2.32. The molecule has 8 heteroatoms. The summed E-state index contributed by atoms with van der Waals surface area (Å²) in [6.45, 7) is 0. The first kappa shape index (κ1) is 12.7. The highest BCUT2D eigenvalue weighted by molar-refractivity contribution is 7.91. The van der Waals surface area contributed by atoms with Crippen molar-refractivity contribution >= 4 is 21.3 Å². The summed E-state index contributed by atoms with van der Waals surface area (Å²) >= 11 is 0. The molecule has 2 rings (SSSR count). The molecule has 0 spiro atoms. The number of pyridine rings is 1. The van der Waals surface area contributed by atoms with Gasteiger partial charge in [0.25, 0.3) is 0 Å². The number of nitrogens with one attached hydrogen (secondary N) is 1. The van der Waals surface area contributed by atoms with Gasteiger partial charge in [-0.3, -0.25) is 10.1 Å². The van der Waals surface area contributed by atoms with Gasteiger partial charge in [-0.05, 0) is 18.9 Å². The molecular formula is C10H13N3O4S. The van der Waals surface area contributed by atoms with Gasteiger partial charge in [0.2, 0.25) is 5.82 Å². The molecule has 0 aliphatic carbocycles. The van der Waals surface area contributed by atoms with Crippen molar-refractivity contribution in [2.45, 2.75) is 18.9 Å². The summed E-state index contributed by atoms with van der Waals surface area (Å²) in [5, 5.41) is 13.7. The van der Waals surface area contributed by atoms with Crippen LogP contribution in [-0.2, 0) is 9.84 Å². The van der Waals surface area contributed by atoms with Crippen molar-refractivity contribution in [1.29, 1.82) is 0 Å². The molecule has 1 aromatic rings. The van der Waals surface area contributed by atoms with Crippen LogP contribution in [-0.4, -0.2) is 35.9 Å². The average Bonchev–Trinajstić information content (AvgIpc) is 2.32. The number of aromatic nitrogens is 1. The molecule has 0 atom stereocenters. The number of sulfone groups is 1. The number of nitrogens with zero attached hydrogens (tertiary/aromatic N) is 2. The fraction of sp³-hybridized carbons (Fsp3) is 0.500. The molecule has 0 radical (unpaired) electrons. The van der Waals surface area contributed by atoms with E-state index in [0.29, 0.717) is 12.8 Å². The first-order valence-corrected chi connectivity index (χ1v) is 7.36.